The zero-order valence-corrected chi connectivity index (χ0v) is 15.5. The molecule has 0 aliphatic carbocycles. The van der Waals surface area contributed by atoms with E-state index in [-0.39, 0.29) is 30.0 Å². The van der Waals surface area contributed by atoms with Gasteiger partial charge in [0.2, 0.25) is 5.91 Å². The Kier molecular flexibility index (Phi) is 3.51. The first-order valence-electron chi connectivity index (χ1n) is 9.63. The fourth-order valence-corrected chi connectivity index (χ4v) is 5.22. The van der Waals surface area contributed by atoms with Crippen molar-refractivity contribution in [3.8, 4) is 6.07 Å². The van der Waals surface area contributed by atoms with Crippen LogP contribution in [0.3, 0.4) is 0 Å². The van der Waals surface area contributed by atoms with Crippen molar-refractivity contribution in [2.24, 2.45) is 10.9 Å². The molecule has 2 fully saturated rings. The van der Waals surface area contributed by atoms with E-state index in [0.29, 0.717) is 11.6 Å². The van der Waals surface area contributed by atoms with Gasteiger partial charge in [-0.15, -0.1) is 0 Å². The third-order valence-electron chi connectivity index (χ3n) is 6.37. The van der Waals surface area contributed by atoms with Crippen LogP contribution in [0.5, 0.6) is 0 Å². The molecule has 0 radical (unpaired) electrons. The molecule has 0 aromatic heterocycles. The van der Waals surface area contributed by atoms with Gasteiger partial charge < -0.3 is 9.80 Å². The molecule has 0 saturated carbocycles. The second-order valence-electron chi connectivity index (χ2n) is 8.07. The van der Waals surface area contributed by atoms with Gasteiger partial charge in [0, 0.05) is 5.92 Å². The van der Waals surface area contributed by atoms with Crippen LogP contribution in [0.25, 0.3) is 10.8 Å². The second-order valence-corrected chi connectivity index (χ2v) is 8.07. The fourth-order valence-electron chi connectivity index (χ4n) is 5.22. The van der Waals surface area contributed by atoms with Gasteiger partial charge in [0.1, 0.15) is 0 Å². The summed E-state index contributed by atoms with van der Waals surface area (Å²) in [5, 5.41) is 11.5. The molecule has 27 heavy (non-hydrogen) atoms. The quantitative estimate of drug-likeness (QED) is 0.829. The number of nitrogens with zero attached hydrogens (tertiary/aromatic N) is 4. The molecule has 1 amide bonds. The van der Waals surface area contributed by atoms with Gasteiger partial charge in [-0.3, -0.25) is 9.79 Å². The molecule has 0 N–H and O–H groups in total. The van der Waals surface area contributed by atoms with E-state index in [2.05, 4.69) is 33.0 Å². The maximum atomic E-state index is 13.2. The van der Waals surface area contributed by atoms with Crippen molar-refractivity contribution in [2.75, 3.05) is 6.54 Å². The molecule has 0 spiro atoms. The minimum absolute atomic E-state index is 0.00310. The van der Waals surface area contributed by atoms with Gasteiger partial charge in [0.15, 0.2) is 0 Å². The molecule has 2 saturated heterocycles. The summed E-state index contributed by atoms with van der Waals surface area (Å²) in [5.74, 6) is 0.180. The number of benzene rings is 2. The standard InChI is InChI=1S/C22H22N4O/c1-13(2)22(27)26-18-9-19(25-12-24-11-20(18)25)21(26)17-8-7-14(10-23)15-5-3-4-6-16(15)17/h3-8,12-13,18-21H,9,11H2,1-2H3. The van der Waals surface area contributed by atoms with Crippen LogP contribution in [-0.4, -0.2) is 46.7 Å². The van der Waals surface area contributed by atoms with E-state index in [9.17, 15) is 10.1 Å². The number of carbonyl (C=O) groups is 1. The van der Waals surface area contributed by atoms with E-state index in [1.165, 1.54) is 0 Å². The van der Waals surface area contributed by atoms with Gasteiger partial charge >= 0.3 is 0 Å². The van der Waals surface area contributed by atoms with Gasteiger partial charge in [-0.25, -0.2) is 0 Å². The summed E-state index contributed by atoms with van der Waals surface area (Å²) in [6, 6.07) is 15.1. The number of hydrogen-bond donors (Lipinski definition) is 0. The summed E-state index contributed by atoms with van der Waals surface area (Å²) in [5.41, 5.74) is 1.82. The molecule has 5 rings (SSSR count). The number of hydrogen-bond acceptors (Lipinski definition) is 4. The number of likely N-dealkylation sites (tertiary alicyclic amines) is 1. The first kappa shape index (κ1) is 16.3. The number of amides is 1. The van der Waals surface area contributed by atoms with Crippen molar-refractivity contribution < 1.29 is 4.79 Å². The van der Waals surface area contributed by atoms with Crippen LogP contribution in [0.4, 0.5) is 0 Å². The van der Waals surface area contributed by atoms with Gasteiger partial charge in [-0.2, -0.15) is 5.26 Å². The van der Waals surface area contributed by atoms with Crippen LogP contribution in [0.2, 0.25) is 0 Å². The summed E-state index contributed by atoms with van der Waals surface area (Å²) in [7, 11) is 0. The molecule has 2 aromatic rings. The number of carbonyl (C=O) groups excluding carboxylic acids is 1. The first-order valence-corrected chi connectivity index (χ1v) is 9.63. The Morgan fingerprint density at radius 1 is 1.15 bits per heavy atom. The minimum Gasteiger partial charge on any atom is -0.351 e. The lowest BCUT2D eigenvalue weighted by atomic mass is 9.91. The molecule has 3 aliphatic heterocycles. The van der Waals surface area contributed by atoms with Gasteiger partial charge in [0.05, 0.1) is 48.7 Å². The Morgan fingerprint density at radius 3 is 2.67 bits per heavy atom. The third-order valence-corrected chi connectivity index (χ3v) is 6.37. The number of aliphatic imine (C=N–C) groups is 1. The Bertz CT molecular complexity index is 1010. The minimum atomic E-state index is -0.0349. The molecule has 4 atom stereocenters. The largest absolute Gasteiger partial charge is 0.351 e. The monoisotopic (exact) mass is 358 g/mol. The zero-order chi connectivity index (χ0) is 18.7. The highest BCUT2D eigenvalue weighted by Gasteiger charge is 2.58. The van der Waals surface area contributed by atoms with E-state index >= 15 is 0 Å². The average Bonchev–Trinajstić information content (AvgIpc) is 3.38. The van der Waals surface area contributed by atoms with Gasteiger partial charge in [-0.05, 0) is 28.8 Å². The molecule has 2 bridgehead atoms. The molecule has 2 aromatic carbocycles. The molecule has 5 nitrogen and oxygen atoms in total. The van der Waals surface area contributed by atoms with Gasteiger partial charge in [-0.1, -0.05) is 44.2 Å². The van der Waals surface area contributed by atoms with E-state index in [4.69, 9.17) is 0 Å². The Morgan fingerprint density at radius 2 is 1.93 bits per heavy atom. The van der Waals surface area contributed by atoms with Crippen molar-refractivity contribution in [1.29, 1.82) is 5.26 Å². The highest BCUT2D eigenvalue weighted by molar-refractivity contribution is 5.92. The molecule has 5 heteroatoms. The molecule has 3 aliphatic rings. The van der Waals surface area contributed by atoms with E-state index in [1.54, 1.807) is 0 Å². The van der Waals surface area contributed by atoms with Crippen LogP contribution in [0, 0.1) is 17.2 Å². The third kappa shape index (κ3) is 2.16. The summed E-state index contributed by atoms with van der Waals surface area (Å²) in [6.07, 6.45) is 2.97. The van der Waals surface area contributed by atoms with Crippen LogP contribution in [-0.2, 0) is 4.79 Å². The second kappa shape index (κ2) is 5.82. The van der Waals surface area contributed by atoms with Gasteiger partial charge in [0.25, 0.3) is 0 Å². The normalized spacial score (nSPS) is 28.2. The summed E-state index contributed by atoms with van der Waals surface area (Å²) >= 11 is 0. The van der Waals surface area contributed by atoms with Crippen molar-refractivity contribution in [2.45, 2.75) is 44.4 Å². The summed E-state index contributed by atoms with van der Waals surface area (Å²) < 4.78 is 0. The lowest BCUT2D eigenvalue weighted by molar-refractivity contribution is -0.140. The van der Waals surface area contributed by atoms with E-state index < -0.39 is 0 Å². The number of fused-ring (bicyclic) bond motifs is 6. The summed E-state index contributed by atoms with van der Waals surface area (Å²) in [6.45, 7) is 4.74. The van der Waals surface area contributed by atoms with Crippen LogP contribution in [0.15, 0.2) is 41.4 Å². The Hall–Kier alpha value is -2.87. The molecular formula is C22H22N4O. The number of rotatable bonds is 2. The molecule has 4 unspecified atom stereocenters. The van der Waals surface area contributed by atoms with E-state index in [1.807, 2.05) is 44.5 Å². The highest BCUT2D eigenvalue weighted by Crippen LogP contribution is 2.50. The first-order chi connectivity index (χ1) is 13.1. The Labute approximate surface area is 158 Å². The number of piperazine rings is 1. The molecule has 136 valence electrons. The lowest BCUT2D eigenvalue weighted by Crippen LogP contribution is -2.55. The predicted molar refractivity (Wildman–Crippen MR) is 104 cm³/mol. The van der Waals surface area contributed by atoms with Crippen molar-refractivity contribution in [3.63, 3.8) is 0 Å². The van der Waals surface area contributed by atoms with Crippen LogP contribution < -0.4 is 0 Å². The highest BCUT2D eigenvalue weighted by atomic mass is 16.2. The smallest absolute Gasteiger partial charge is 0.226 e. The summed E-state index contributed by atoms with van der Waals surface area (Å²) in [4.78, 5) is 22.2. The van der Waals surface area contributed by atoms with E-state index in [0.717, 1.165) is 29.3 Å². The molecule has 3 heterocycles. The topological polar surface area (TPSA) is 59.7 Å². The molecular weight excluding hydrogens is 336 g/mol. The Balaban J connectivity index is 1.69. The zero-order valence-electron chi connectivity index (χ0n) is 15.5. The van der Waals surface area contributed by atoms with Crippen molar-refractivity contribution in [1.82, 2.24) is 9.80 Å². The SMILES string of the molecule is CC(C)C(=O)N1C2CC(C1c1ccc(C#N)c3ccccc13)N1C=NCC21. The lowest BCUT2D eigenvalue weighted by Gasteiger charge is -2.44. The maximum Gasteiger partial charge on any atom is 0.226 e. The fraction of sp³-hybridized carbons (Fsp3) is 0.409. The maximum absolute atomic E-state index is 13.2. The van der Waals surface area contributed by atoms with Crippen molar-refractivity contribution >= 4 is 23.0 Å². The van der Waals surface area contributed by atoms with Crippen molar-refractivity contribution in [3.05, 3.63) is 47.5 Å². The average molecular weight is 358 g/mol. The predicted octanol–water partition coefficient (Wildman–Crippen LogP) is 3.10. The van der Waals surface area contributed by atoms with Crippen LogP contribution in [0.1, 0.15) is 37.4 Å². The number of nitriles is 1. The van der Waals surface area contributed by atoms with Crippen LogP contribution >= 0.6 is 0 Å².